The van der Waals surface area contributed by atoms with Crippen molar-refractivity contribution in [1.82, 2.24) is 0 Å². The molecule has 0 saturated carbocycles. The van der Waals surface area contributed by atoms with Crippen LogP contribution in [0.15, 0.2) is 56.3 Å². The van der Waals surface area contributed by atoms with E-state index in [0.717, 1.165) is 21.9 Å². The summed E-state index contributed by atoms with van der Waals surface area (Å²) in [5.41, 5.74) is 3.75. The smallest absolute Gasteiger partial charge is 0.339 e. The highest BCUT2D eigenvalue weighted by Gasteiger charge is 2.15. The zero-order chi connectivity index (χ0) is 20.5. The molecule has 0 aliphatic rings. The first-order chi connectivity index (χ1) is 14.0. The molecule has 6 heteroatoms. The predicted molar refractivity (Wildman–Crippen MR) is 112 cm³/mol. The average Bonchev–Trinajstić information content (AvgIpc) is 3.06. The molecule has 0 aliphatic carbocycles. The van der Waals surface area contributed by atoms with Crippen LogP contribution < -0.4 is 15.7 Å². The lowest BCUT2D eigenvalue weighted by atomic mass is 10.0. The molecule has 2 aromatic carbocycles. The highest BCUT2D eigenvalue weighted by molar-refractivity contribution is 5.96. The third-order valence-electron chi connectivity index (χ3n) is 5.13. The molecular weight excluding hydrogens is 370 g/mol. The van der Waals surface area contributed by atoms with E-state index in [-0.39, 0.29) is 12.3 Å². The molecule has 0 atom stereocenters. The summed E-state index contributed by atoms with van der Waals surface area (Å²) in [7, 11) is 1.57. The Bertz CT molecular complexity index is 1280. The molecular formula is C23H21NO5. The Morgan fingerprint density at radius 3 is 2.72 bits per heavy atom. The monoisotopic (exact) mass is 391 g/mol. The molecule has 0 aliphatic heterocycles. The molecule has 0 spiro atoms. The van der Waals surface area contributed by atoms with Gasteiger partial charge in [-0.1, -0.05) is 6.07 Å². The third kappa shape index (κ3) is 3.61. The Morgan fingerprint density at radius 2 is 1.93 bits per heavy atom. The Kier molecular flexibility index (Phi) is 4.84. The van der Waals surface area contributed by atoms with Crippen molar-refractivity contribution in [3.63, 3.8) is 0 Å². The maximum Gasteiger partial charge on any atom is 0.339 e. The van der Waals surface area contributed by atoms with E-state index in [2.05, 4.69) is 5.32 Å². The van der Waals surface area contributed by atoms with Gasteiger partial charge in [0.15, 0.2) is 0 Å². The summed E-state index contributed by atoms with van der Waals surface area (Å²) in [5, 5.41) is 4.66. The van der Waals surface area contributed by atoms with Gasteiger partial charge in [-0.05, 0) is 49.6 Å². The van der Waals surface area contributed by atoms with Crippen molar-refractivity contribution in [2.75, 3.05) is 12.4 Å². The van der Waals surface area contributed by atoms with Crippen molar-refractivity contribution < 1.29 is 18.4 Å². The number of anilines is 1. The van der Waals surface area contributed by atoms with E-state index in [4.69, 9.17) is 13.6 Å². The second-order valence-electron chi connectivity index (χ2n) is 7.04. The lowest BCUT2D eigenvalue weighted by Crippen LogP contribution is -2.16. The number of aryl methyl sites for hydroxylation is 2. The van der Waals surface area contributed by atoms with E-state index in [1.807, 2.05) is 19.9 Å². The van der Waals surface area contributed by atoms with E-state index in [9.17, 15) is 9.59 Å². The largest absolute Gasteiger partial charge is 0.497 e. The van der Waals surface area contributed by atoms with E-state index in [1.54, 1.807) is 43.7 Å². The molecule has 1 N–H and O–H groups in total. The number of nitrogens with one attached hydrogen (secondary N) is 1. The second kappa shape index (κ2) is 7.47. The number of amides is 1. The highest BCUT2D eigenvalue weighted by atomic mass is 16.5. The fourth-order valence-electron chi connectivity index (χ4n) is 3.49. The molecule has 1 amide bonds. The third-order valence-corrected chi connectivity index (χ3v) is 5.13. The summed E-state index contributed by atoms with van der Waals surface area (Å²) in [6, 6.07) is 10.8. The lowest BCUT2D eigenvalue weighted by Gasteiger charge is -2.09. The van der Waals surface area contributed by atoms with Crippen LogP contribution in [-0.4, -0.2) is 13.0 Å². The molecule has 2 aromatic heterocycles. The first kappa shape index (κ1) is 18.8. The molecule has 4 rings (SSSR count). The standard InChI is InChI=1S/C23H21NO5/c1-13-12-28-20-11-21-19(10-18(13)20)14(2)17(23(26)29-21)7-8-22(25)24-15-5-4-6-16(9-15)27-3/h4-6,9-12H,7-8H2,1-3H3,(H,24,25). The quantitative estimate of drug-likeness (QED) is 0.497. The molecule has 148 valence electrons. The number of carbonyl (C=O) groups excluding carboxylic acids is 1. The van der Waals surface area contributed by atoms with Crippen molar-refractivity contribution >= 4 is 33.5 Å². The van der Waals surface area contributed by atoms with Gasteiger partial charge in [-0.2, -0.15) is 0 Å². The van der Waals surface area contributed by atoms with Gasteiger partial charge in [0.1, 0.15) is 16.9 Å². The SMILES string of the molecule is COc1cccc(NC(=O)CCc2c(C)c3cc4c(C)coc4cc3oc2=O)c1. The summed E-state index contributed by atoms with van der Waals surface area (Å²) >= 11 is 0. The highest BCUT2D eigenvalue weighted by Crippen LogP contribution is 2.29. The number of fused-ring (bicyclic) bond motifs is 2. The van der Waals surface area contributed by atoms with Crippen LogP contribution in [-0.2, 0) is 11.2 Å². The van der Waals surface area contributed by atoms with Crippen molar-refractivity contribution in [2.45, 2.75) is 26.7 Å². The molecule has 29 heavy (non-hydrogen) atoms. The van der Waals surface area contributed by atoms with Gasteiger partial charge in [0.2, 0.25) is 5.91 Å². The van der Waals surface area contributed by atoms with E-state index in [0.29, 0.717) is 34.6 Å². The van der Waals surface area contributed by atoms with Crippen LogP contribution in [0, 0.1) is 13.8 Å². The molecule has 0 bridgehead atoms. The fraction of sp³-hybridized carbons (Fsp3) is 0.217. The van der Waals surface area contributed by atoms with Gasteiger partial charge in [-0.3, -0.25) is 4.79 Å². The number of carbonyl (C=O) groups is 1. The van der Waals surface area contributed by atoms with Crippen LogP contribution in [0.5, 0.6) is 5.75 Å². The molecule has 6 nitrogen and oxygen atoms in total. The van der Waals surface area contributed by atoms with Crippen molar-refractivity contribution in [3.05, 3.63) is 69.8 Å². The molecule has 0 radical (unpaired) electrons. The average molecular weight is 391 g/mol. The summed E-state index contributed by atoms with van der Waals surface area (Å²) in [4.78, 5) is 24.9. The molecule has 0 saturated heterocycles. The van der Waals surface area contributed by atoms with Crippen LogP contribution in [0.1, 0.15) is 23.1 Å². The van der Waals surface area contributed by atoms with Gasteiger partial charge in [0.05, 0.1) is 13.4 Å². The van der Waals surface area contributed by atoms with Gasteiger partial charge in [0, 0.05) is 40.6 Å². The number of furan rings is 1. The van der Waals surface area contributed by atoms with Gasteiger partial charge in [-0.15, -0.1) is 0 Å². The number of hydrogen-bond donors (Lipinski definition) is 1. The number of benzene rings is 2. The molecule has 4 aromatic rings. The Morgan fingerprint density at radius 1 is 1.10 bits per heavy atom. The van der Waals surface area contributed by atoms with E-state index < -0.39 is 5.63 Å². The zero-order valence-corrected chi connectivity index (χ0v) is 16.5. The second-order valence-corrected chi connectivity index (χ2v) is 7.04. The Labute approximate surface area is 167 Å². The maximum atomic E-state index is 12.5. The fourth-order valence-corrected chi connectivity index (χ4v) is 3.49. The maximum absolute atomic E-state index is 12.5. The topological polar surface area (TPSA) is 81.7 Å². The minimum atomic E-state index is -0.424. The predicted octanol–water partition coefficient (Wildman–Crippen LogP) is 4.74. The van der Waals surface area contributed by atoms with Crippen LogP contribution in [0.25, 0.3) is 21.9 Å². The number of methoxy groups -OCH3 is 1. The zero-order valence-electron chi connectivity index (χ0n) is 16.5. The van der Waals surface area contributed by atoms with Gasteiger partial charge in [-0.25, -0.2) is 4.79 Å². The van der Waals surface area contributed by atoms with Crippen LogP contribution >= 0.6 is 0 Å². The molecule has 2 heterocycles. The minimum absolute atomic E-state index is 0.168. The van der Waals surface area contributed by atoms with Crippen molar-refractivity contribution in [1.29, 1.82) is 0 Å². The van der Waals surface area contributed by atoms with Gasteiger partial charge >= 0.3 is 5.63 Å². The van der Waals surface area contributed by atoms with Crippen LogP contribution in [0.4, 0.5) is 5.69 Å². The van der Waals surface area contributed by atoms with E-state index in [1.165, 1.54) is 0 Å². The van der Waals surface area contributed by atoms with Crippen molar-refractivity contribution in [2.24, 2.45) is 0 Å². The van der Waals surface area contributed by atoms with Crippen LogP contribution in [0.3, 0.4) is 0 Å². The summed E-state index contributed by atoms with van der Waals surface area (Å²) in [6.07, 6.45) is 2.14. The van der Waals surface area contributed by atoms with Gasteiger partial charge < -0.3 is 18.9 Å². The molecule has 0 unspecified atom stereocenters. The Hall–Kier alpha value is -3.54. The van der Waals surface area contributed by atoms with Crippen molar-refractivity contribution in [3.8, 4) is 5.75 Å². The summed E-state index contributed by atoms with van der Waals surface area (Å²) in [5.74, 6) is 0.480. The van der Waals surface area contributed by atoms with Crippen LogP contribution in [0.2, 0.25) is 0 Å². The lowest BCUT2D eigenvalue weighted by molar-refractivity contribution is -0.116. The summed E-state index contributed by atoms with van der Waals surface area (Å²) < 4.78 is 16.2. The van der Waals surface area contributed by atoms with Gasteiger partial charge in [0.25, 0.3) is 0 Å². The number of rotatable bonds is 5. The number of ether oxygens (including phenoxy) is 1. The minimum Gasteiger partial charge on any atom is -0.497 e. The first-order valence-corrected chi connectivity index (χ1v) is 9.34. The first-order valence-electron chi connectivity index (χ1n) is 9.34. The molecule has 0 fully saturated rings. The normalized spacial score (nSPS) is 11.1. The Balaban J connectivity index is 1.58. The van der Waals surface area contributed by atoms with E-state index >= 15 is 0 Å². The summed E-state index contributed by atoms with van der Waals surface area (Å²) in [6.45, 7) is 3.85. The number of hydrogen-bond acceptors (Lipinski definition) is 5.